The largest absolute Gasteiger partial charge is 0.693 e. The minimum atomic E-state index is 1.01. The highest BCUT2D eigenvalue weighted by molar-refractivity contribution is 5.69. The Kier molecular flexibility index (Phi) is 4.15. The number of hydrogen-bond donors (Lipinski definition) is 0. The van der Waals surface area contributed by atoms with Gasteiger partial charge < -0.3 is 5.32 Å². The number of benzene rings is 3. The summed E-state index contributed by atoms with van der Waals surface area (Å²) in [5, 5.41) is 5.01. The summed E-state index contributed by atoms with van der Waals surface area (Å²) >= 11 is 0. The second-order valence-electron chi connectivity index (χ2n) is 5.43. The highest BCUT2D eigenvalue weighted by Crippen LogP contribution is 2.39. The van der Waals surface area contributed by atoms with Crippen LogP contribution in [0.5, 0.6) is 0 Å². The van der Waals surface area contributed by atoms with Crippen molar-refractivity contribution in [2.24, 2.45) is 0 Å². The van der Waals surface area contributed by atoms with Crippen molar-refractivity contribution in [2.45, 2.75) is 13.8 Å². The van der Waals surface area contributed by atoms with Crippen LogP contribution in [0, 0.1) is 19.9 Å². The fourth-order valence-corrected chi connectivity index (χ4v) is 2.58. The van der Waals surface area contributed by atoms with Gasteiger partial charge in [-0.1, -0.05) is 65.7 Å². The molecule has 0 amide bonds. The van der Waals surface area contributed by atoms with Crippen molar-refractivity contribution in [1.29, 1.82) is 0 Å². The summed E-state index contributed by atoms with van der Waals surface area (Å²) in [4.78, 5) is 0. The maximum atomic E-state index is 5.01. The average molecular weight is 285 g/mol. The monoisotopic (exact) mass is 285 g/mol. The van der Waals surface area contributed by atoms with Crippen LogP contribution in [0.3, 0.4) is 0 Å². The molecule has 0 fully saturated rings. The first-order valence-corrected chi connectivity index (χ1v) is 7.51. The summed E-state index contributed by atoms with van der Waals surface area (Å²) in [5.41, 5.74) is 5.73. The summed E-state index contributed by atoms with van der Waals surface area (Å²) in [5.74, 6) is 0. The molecule has 0 N–H and O–H groups in total. The molecule has 0 radical (unpaired) electrons. The van der Waals surface area contributed by atoms with E-state index in [1.165, 1.54) is 11.1 Å². The molecular weight excluding hydrogens is 266 g/mol. The Balaban J connectivity index is 2.03. The van der Waals surface area contributed by atoms with Crippen LogP contribution in [-0.4, -0.2) is 0 Å². The van der Waals surface area contributed by atoms with E-state index in [1.54, 1.807) is 0 Å². The van der Waals surface area contributed by atoms with Crippen LogP contribution in [0.25, 0.3) is 5.32 Å². The van der Waals surface area contributed by atoms with Crippen LogP contribution in [0.1, 0.15) is 22.3 Å². The van der Waals surface area contributed by atoms with E-state index in [4.69, 9.17) is 5.32 Å². The number of para-hydroxylation sites is 1. The van der Waals surface area contributed by atoms with Crippen molar-refractivity contribution in [3.8, 4) is 0 Å². The summed E-state index contributed by atoms with van der Waals surface area (Å²) in [6.45, 7) is 4.22. The van der Waals surface area contributed by atoms with E-state index < -0.39 is 0 Å². The molecule has 1 heteroatoms. The number of aryl methyl sites for hydroxylation is 2. The van der Waals surface area contributed by atoms with Gasteiger partial charge >= 0.3 is 0 Å². The van der Waals surface area contributed by atoms with Crippen molar-refractivity contribution in [2.75, 3.05) is 0 Å². The van der Waals surface area contributed by atoms with Gasteiger partial charge in [-0.15, -0.1) is 41.1 Å². The quantitative estimate of drug-likeness (QED) is 0.527. The van der Waals surface area contributed by atoms with E-state index in [2.05, 4.69) is 80.6 Å². The zero-order valence-electron chi connectivity index (χ0n) is 13.0. The van der Waals surface area contributed by atoms with E-state index in [-0.39, 0.29) is 0 Å². The summed E-state index contributed by atoms with van der Waals surface area (Å²) < 4.78 is 0. The molecule has 0 saturated heterocycles. The molecule has 3 aromatic rings. The minimum absolute atomic E-state index is 1.01. The summed E-state index contributed by atoms with van der Waals surface area (Å²) in [6.07, 6.45) is 0. The smallest absolute Gasteiger partial charge is 0.0410 e. The number of nitrogens with zero attached hydrogens (tertiary/aromatic N) is 1. The third-order valence-electron chi connectivity index (χ3n) is 3.76. The zero-order chi connectivity index (χ0) is 15.4. The molecule has 0 bridgehead atoms. The van der Waals surface area contributed by atoms with Crippen molar-refractivity contribution < 1.29 is 0 Å². The highest BCUT2D eigenvalue weighted by atomic mass is 14.9. The minimum Gasteiger partial charge on any atom is -0.693 e. The van der Waals surface area contributed by atoms with Gasteiger partial charge in [-0.2, -0.15) is 0 Å². The van der Waals surface area contributed by atoms with Gasteiger partial charge in [-0.05, 0) is 13.8 Å². The van der Waals surface area contributed by atoms with Crippen molar-refractivity contribution in [1.82, 2.24) is 0 Å². The van der Waals surface area contributed by atoms with E-state index in [0.29, 0.717) is 0 Å². The molecule has 0 aromatic heterocycles. The molecule has 3 aromatic carbocycles. The molecule has 22 heavy (non-hydrogen) atoms. The Bertz CT molecular complexity index is 673. The van der Waals surface area contributed by atoms with Crippen LogP contribution >= 0.6 is 0 Å². The van der Waals surface area contributed by atoms with Crippen LogP contribution in [0.4, 0.5) is 5.69 Å². The van der Waals surface area contributed by atoms with Crippen molar-refractivity contribution in [3.63, 3.8) is 0 Å². The normalized spacial score (nSPS) is 10.3. The molecule has 0 aliphatic carbocycles. The molecule has 1 nitrogen and oxygen atoms in total. The molecule has 0 aliphatic rings. The van der Waals surface area contributed by atoms with E-state index in [9.17, 15) is 0 Å². The van der Waals surface area contributed by atoms with Crippen LogP contribution in [0.2, 0.25) is 0 Å². The lowest BCUT2D eigenvalue weighted by atomic mass is 9.97. The number of rotatable bonds is 4. The summed E-state index contributed by atoms with van der Waals surface area (Å²) in [7, 11) is 0. The molecule has 0 unspecified atom stereocenters. The lowest BCUT2D eigenvalue weighted by molar-refractivity contribution is 1.23. The van der Waals surface area contributed by atoms with Gasteiger partial charge in [0.15, 0.2) is 0 Å². The fraction of sp³-hybridized carbons (Fsp3) is 0.0952. The van der Waals surface area contributed by atoms with Gasteiger partial charge in [0.1, 0.15) is 0 Å². The molecule has 3 rings (SSSR count). The van der Waals surface area contributed by atoms with E-state index in [0.717, 1.165) is 22.9 Å². The highest BCUT2D eigenvalue weighted by Gasteiger charge is 1.99. The molecule has 0 atom stereocenters. The van der Waals surface area contributed by atoms with Crippen molar-refractivity contribution >= 4 is 5.69 Å². The van der Waals surface area contributed by atoms with E-state index >= 15 is 0 Å². The third kappa shape index (κ3) is 2.99. The number of hydrogen-bond acceptors (Lipinski definition) is 0. The van der Waals surface area contributed by atoms with Crippen LogP contribution in [0.15, 0.2) is 78.9 Å². The topological polar surface area (TPSA) is 14.1 Å². The lowest BCUT2D eigenvalue weighted by Crippen LogP contribution is -2.01. The maximum Gasteiger partial charge on any atom is -0.0410 e. The first kappa shape index (κ1) is 14.3. The molecule has 0 saturated carbocycles. The van der Waals surface area contributed by atoms with Gasteiger partial charge in [0.05, 0.1) is 0 Å². The average Bonchev–Trinajstić information content (AvgIpc) is 2.56. The molecular formula is C21H19N-2. The zero-order valence-corrected chi connectivity index (χ0v) is 13.0. The molecule has 0 heterocycles. The van der Waals surface area contributed by atoms with Gasteiger partial charge in [-0.3, -0.25) is 0 Å². The predicted octanol–water partition coefficient (Wildman–Crippen LogP) is 5.94. The van der Waals surface area contributed by atoms with Gasteiger partial charge in [0, 0.05) is 0 Å². The predicted molar refractivity (Wildman–Crippen MR) is 93.3 cm³/mol. The second-order valence-corrected chi connectivity index (χ2v) is 5.43. The van der Waals surface area contributed by atoms with Crippen molar-refractivity contribution in [3.05, 3.63) is 112 Å². The van der Waals surface area contributed by atoms with Gasteiger partial charge in [-0.25, -0.2) is 6.04 Å². The first-order chi connectivity index (χ1) is 10.8. The molecule has 0 aliphatic heterocycles. The molecule has 0 spiro atoms. The van der Waals surface area contributed by atoms with Gasteiger partial charge in [0.25, 0.3) is 0 Å². The lowest BCUT2D eigenvalue weighted by Gasteiger charge is -2.42. The standard InChI is InChI=1S/C21H19N/c1-16-10-9-11-17(2)20(16)22-21(18-12-5-3-6-13-18)19-14-7-4-8-15-19/h3-15H,1-2H3/q-2. The van der Waals surface area contributed by atoms with Crippen LogP contribution in [-0.2, 0) is 0 Å². The maximum absolute atomic E-state index is 5.01. The Hall–Kier alpha value is -2.67. The SMILES string of the molecule is Cc1cccc(C)c1[N-][C-](c1ccccc1)c1ccccc1. The Morgan fingerprint density at radius 3 is 1.50 bits per heavy atom. The molecule has 110 valence electrons. The Morgan fingerprint density at radius 1 is 0.591 bits per heavy atom. The second kappa shape index (κ2) is 6.40. The van der Waals surface area contributed by atoms with Crippen LogP contribution < -0.4 is 0 Å². The summed E-state index contributed by atoms with van der Waals surface area (Å²) in [6, 6.07) is 28.0. The Morgan fingerprint density at radius 2 is 1.05 bits per heavy atom. The van der Waals surface area contributed by atoms with Gasteiger partial charge in [0.2, 0.25) is 0 Å². The first-order valence-electron chi connectivity index (χ1n) is 7.51. The Labute approximate surface area is 132 Å². The fourth-order valence-electron chi connectivity index (χ4n) is 2.58. The van der Waals surface area contributed by atoms with E-state index in [1.807, 2.05) is 12.1 Å². The third-order valence-corrected chi connectivity index (χ3v) is 3.76.